The molecule has 17 heavy (non-hydrogen) atoms. The molecule has 0 radical (unpaired) electrons. The van der Waals surface area contributed by atoms with Crippen molar-refractivity contribution >= 4 is 29.1 Å². The van der Waals surface area contributed by atoms with Crippen molar-refractivity contribution in [3.8, 4) is 0 Å². The van der Waals surface area contributed by atoms with Crippen LogP contribution in [0.2, 0.25) is 0 Å². The van der Waals surface area contributed by atoms with E-state index in [2.05, 4.69) is 0 Å². The topological polar surface area (TPSA) is 62.2 Å². The van der Waals surface area contributed by atoms with Crippen molar-refractivity contribution in [3.63, 3.8) is 0 Å². The average Bonchev–Trinajstić information content (AvgIpc) is 2.56. The summed E-state index contributed by atoms with van der Waals surface area (Å²) < 4.78 is 8.39. The Bertz CT molecular complexity index is 574. The van der Waals surface area contributed by atoms with Gasteiger partial charge in [-0.3, -0.25) is 4.79 Å². The zero-order chi connectivity index (χ0) is 11.7. The third kappa shape index (κ3) is 2.30. The highest BCUT2D eigenvalue weighted by Crippen LogP contribution is 2.16. The smallest absolute Gasteiger partial charge is 0.260 e. The molecule has 0 aromatic carbocycles. The molecule has 5 nitrogen and oxygen atoms in total. The van der Waals surface area contributed by atoms with E-state index < -0.39 is 0 Å². The molecule has 0 saturated heterocycles. The maximum Gasteiger partial charge on any atom is 0.260 e. The highest BCUT2D eigenvalue weighted by molar-refractivity contribution is 5.85. The second-order valence-corrected chi connectivity index (χ2v) is 3.73. The van der Waals surface area contributed by atoms with E-state index in [-0.39, 0.29) is 18.0 Å². The van der Waals surface area contributed by atoms with Crippen LogP contribution in [-0.2, 0) is 18.3 Å². The number of ether oxygens (including phenoxy) is 1. The Morgan fingerprint density at radius 1 is 1.47 bits per heavy atom. The number of aromatic nitrogens is 2. The van der Waals surface area contributed by atoms with Gasteiger partial charge in [-0.25, -0.2) is 0 Å². The summed E-state index contributed by atoms with van der Waals surface area (Å²) in [6.45, 7) is 1.08. The van der Waals surface area contributed by atoms with Crippen LogP contribution in [0.4, 0.5) is 5.82 Å². The number of nitrogens with two attached hydrogens (primary N) is 1. The van der Waals surface area contributed by atoms with Crippen molar-refractivity contribution in [3.05, 3.63) is 28.7 Å². The summed E-state index contributed by atoms with van der Waals surface area (Å²) in [6, 6.07) is 3.60. The summed E-state index contributed by atoms with van der Waals surface area (Å²) in [7, 11) is 3.46. The van der Waals surface area contributed by atoms with Crippen LogP contribution < -0.4 is 11.3 Å². The molecule has 2 aromatic rings. The largest absolute Gasteiger partial charge is 0.385 e. The highest BCUT2D eigenvalue weighted by Gasteiger charge is 2.08. The number of rotatable bonds is 3. The Morgan fingerprint density at radius 3 is 2.82 bits per heavy atom. The van der Waals surface area contributed by atoms with Gasteiger partial charge in [-0.1, -0.05) is 0 Å². The summed E-state index contributed by atoms with van der Waals surface area (Å²) in [6.07, 6.45) is 1.77. The minimum atomic E-state index is -0.0261. The van der Waals surface area contributed by atoms with E-state index in [9.17, 15) is 4.79 Å². The predicted molar refractivity (Wildman–Crippen MR) is 70.7 cm³/mol. The van der Waals surface area contributed by atoms with Crippen molar-refractivity contribution in [1.82, 2.24) is 9.13 Å². The molecule has 2 heterocycles. The summed E-state index contributed by atoms with van der Waals surface area (Å²) in [5, 5.41) is 0.651. The maximum atomic E-state index is 12.0. The molecule has 0 amide bonds. The molecule has 2 N–H and O–H groups in total. The number of halogens is 1. The quantitative estimate of drug-likeness (QED) is 0.892. The summed E-state index contributed by atoms with van der Waals surface area (Å²) >= 11 is 0. The molecule has 6 heteroatoms. The van der Waals surface area contributed by atoms with Crippen LogP contribution in [0, 0.1) is 0 Å². The Morgan fingerprint density at radius 2 is 2.18 bits per heavy atom. The Hall–Kier alpha value is -1.46. The minimum absolute atomic E-state index is 0. The number of anilines is 1. The summed E-state index contributed by atoms with van der Waals surface area (Å²) in [4.78, 5) is 12.0. The second-order valence-electron chi connectivity index (χ2n) is 3.73. The predicted octanol–water partition coefficient (Wildman–Crippen LogP) is 0.990. The van der Waals surface area contributed by atoms with Gasteiger partial charge in [0.1, 0.15) is 5.82 Å². The van der Waals surface area contributed by atoms with Crippen molar-refractivity contribution in [2.45, 2.75) is 6.54 Å². The minimum Gasteiger partial charge on any atom is -0.385 e. The van der Waals surface area contributed by atoms with Crippen LogP contribution in [-0.4, -0.2) is 22.9 Å². The van der Waals surface area contributed by atoms with Gasteiger partial charge in [0.05, 0.1) is 17.5 Å². The number of nitrogen functional groups attached to an aromatic ring is 1. The van der Waals surface area contributed by atoms with Crippen molar-refractivity contribution in [2.75, 3.05) is 19.5 Å². The van der Waals surface area contributed by atoms with Gasteiger partial charge < -0.3 is 19.6 Å². The maximum absolute atomic E-state index is 12.0. The molecule has 0 aliphatic heterocycles. The standard InChI is InChI=1S/C11H15N3O2.ClH/c1-13-9-3-4-14(5-6-16-2)11(15)8(9)7-10(13)12;/h3-4,7H,5-6,12H2,1-2H3;1H. The second kappa shape index (κ2) is 5.25. The first-order valence-corrected chi connectivity index (χ1v) is 5.08. The SMILES string of the molecule is COCCn1ccc2c(cc(N)n2C)c1=O.Cl. The molecule has 0 fully saturated rings. The fourth-order valence-corrected chi connectivity index (χ4v) is 1.76. The molecule has 0 spiro atoms. The van der Waals surface area contributed by atoms with Crippen LogP contribution in [0.3, 0.4) is 0 Å². The van der Waals surface area contributed by atoms with Gasteiger partial charge in [0.25, 0.3) is 5.56 Å². The molecular formula is C11H16ClN3O2. The van der Waals surface area contributed by atoms with Crippen LogP contribution in [0.15, 0.2) is 23.1 Å². The Kier molecular flexibility index (Phi) is 4.20. The lowest BCUT2D eigenvalue weighted by molar-refractivity contribution is 0.186. The van der Waals surface area contributed by atoms with Gasteiger partial charge >= 0.3 is 0 Å². The number of fused-ring (bicyclic) bond motifs is 1. The van der Waals surface area contributed by atoms with E-state index in [1.165, 1.54) is 0 Å². The molecule has 0 aliphatic carbocycles. The molecule has 0 bridgehead atoms. The van der Waals surface area contributed by atoms with Crippen LogP contribution in [0.1, 0.15) is 0 Å². The first-order valence-electron chi connectivity index (χ1n) is 5.08. The zero-order valence-corrected chi connectivity index (χ0v) is 10.7. The van der Waals surface area contributed by atoms with E-state index in [1.54, 1.807) is 28.5 Å². The van der Waals surface area contributed by atoms with Crippen molar-refractivity contribution < 1.29 is 4.74 Å². The molecule has 2 rings (SSSR count). The monoisotopic (exact) mass is 257 g/mol. The van der Waals surface area contributed by atoms with Crippen LogP contribution >= 0.6 is 12.4 Å². The lowest BCUT2D eigenvalue weighted by Gasteiger charge is -2.05. The number of nitrogens with zero attached hydrogens (tertiary/aromatic N) is 2. The van der Waals surface area contributed by atoms with E-state index in [4.69, 9.17) is 10.5 Å². The van der Waals surface area contributed by atoms with Gasteiger partial charge in [-0.2, -0.15) is 0 Å². The lowest BCUT2D eigenvalue weighted by atomic mass is 10.3. The summed E-state index contributed by atoms with van der Waals surface area (Å²) in [5.74, 6) is 0.594. The normalized spacial score (nSPS) is 10.5. The number of hydrogen-bond acceptors (Lipinski definition) is 3. The Labute approximate surface area is 105 Å². The van der Waals surface area contributed by atoms with Gasteiger partial charge in [0.15, 0.2) is 0 Å². The molecule has 0 unspecified atom stereocenters. The van der Waals surface area contributed by atoms with Crippen LogP contribution in [0.5, 0.6) is 0 Å². The summed E-state index contributed by atoms with van der Waals surface area (Å²) in [5.41, 5.74) is 6.59. The Balaban J connectivity index is 0.00000144. The van der Waals surface area contributed by atoms with Gasteiger partial charge in [0, 0.05) is 26.9 Å². The molecular weight excluding hydrogens is 242 g/mol. The first kappa shape index (κ1) is 13.6. The molecule has 0 saturated carbocycles. The molecule has 94 valence electrons. The highest BCUT2D eigenvalue weighted by atomic mass is 35.5. The fraction of sp³-hybridized carbons (Fsp3) is 0.364. The number of pyridine rings is 1. The van der Waals surface area contributed by atoms with Crippen molar-refractivity contribution in [1.29, 1.82) is 0 Å². The number of methoxy groups -OCH3 is 1. The third-order valence-electron chi connectivity index (χ3n) is 2.76. The van der Waals surface area contributed by atoms with E-state index in [0.29, 0.717) is 24.4 Å². The lowest BCUT2D eigenvalue weighted by Crippen LogP contribution is -2.21. The average molecular weight is 258 g/mol. The van der Waals surface area contributed by atoms with Gasteiger partial charge in [0.2, 0.25) is 0 Å². The van der Waals surface area contributed by atoms with Gasteiger partial charge in [-0.15, -0.1) is 12.4 Å². The van der Waals surface area contributed by atoms with Crippen molar-refractivity contribution in [2.24, 2.45) is 7.05 Å². The zero-order valence-electron chi connectivity index (χ0n) is 9.84. The molecule has 2 aromatic heterocycles. The fourth-order valence-electron chi connectivity index (χ4n) is 1.76. The van der Waals surface area contributed by atoms with Crippen LogP contribution in [0.25, 0.3) is 10.9 Å². The molecule has 0 atom stereocenters. The first-order chi connectivity index (χ1) is 7.65. The third-order valence-corrected chi connectivity index (χ3v) is 2.76. The van der Waals surface area contributed by atoms with E-state index in [0.717, 1.165) is 5.52 Å². The number of hydrogen-bond donors (Lipinski definition) is 1. The van der Waals surface area contributed by atoms with E-state index >= 15 is 0 Å². The molecule has 0 aliphatic rings. The number of aryl methyl sites for hydroxylation is 1. The van der Waals surface area contributed by atoms with E-state index in [1.807, 2.05) is 13.1 Å². The van der Waals surface area contributed by atoms with Gasteiger partial charge in [-0.05, 0) is 12.1 Å².